The number of methoxy groups -OCH3 is 1. The van der Waals surface area contributed by atoms with Gasteiger partial charge in [0, 0.05) is 30.8 Å². The van der Waals surface area contributed by atoms with Gasteiger partial charge in [0.1, 0.15) is 11.5 Å². The minimum Gasteiger partial charge on any atom is -0.466 e. The van der Waals surface area contributed by atoms with E-state index in [1.165, 1.54) is 19.1 Å². The van der Waals surface area contributed by atoms with Crippen LogP contribution in [-0.4, -0.2) is 54.2 Å². The molecule has 0 amide bonds. The lowest BCUT2D eigenvalue weighted by Crippen LogP contribution is -2.37. The van der Waals surface area contributed by atoms with Crippen LogP contribution >= 0.6 is 11.9 Å². The number of aliphatic imine (C=N–C) groups is 1. The van der Waals surface area contributed by atoms with Gasteiger partial charge in [-0.25, -0.2) is 31.7 Å². The summed E-state index contributed by atoms with van der Waals surface area (Å²) in [6, 6.07) is 3.67. The van der Waals surface area contributed by atoms with Gasteiger partial charge >= 0.3 is 5.97 Å². The fourth-order valence-electron chi connectivity index (χ4n) is 3.38. The lowest BCUT2D eigenvalue weighted by atomic mass is 10.1. The maximum atomic E-state index is 14.1. The van der Waals surface area contributed by atoms with Gasteiger partial charge in [0.05, 0.1) is 25.4 Å². The highest BCUT2D eigenvalue weighted by Crippen LogP contribution is 2.31. The van der Waals surface area contributed by atoms with Gasteiger partial charge < -0.3 is 9.64 Å². The highest BCUT2D eigenvalue weighted by atomic mass is 32.2. The summed E-state index contributed by atoms with van der Waals surface area (Å²) in [6.45, 7) is 0.590. The number of esters is 1. The first-order valence-electron chi connectivity index (χ1n) is 9.58. The van der Waals surface area contributed by atoms with E-state index in [9.17, 15) is 26.7 Å². The summed E-state index contributed by atoms with van der Waals surface area (Å²) < 4.78 is 71.2. The Balaban J connectivity index is 0.000000286. The number of rotatable bonds is 4. The predicted molar refractivity (Wildman–Crippen MR) is 113 cm³/mol. The van der Waals surface area contributed by atoms with Crippen molar-refractivity contribution in [3.05, 3.63) is 76.5 Å². The normalized spacial score (nSPS) is 17.2. The number of amidine groups is 1. The summed E-state index contributed by atoms with van der Waals surface area (Å²) in [6.07, 6.45) is 3.45. The van der Waals surface area contributed by atoms with Crippen LogP contribution < -0.4 is 4.72 Å². The van der Waals surface area contributed by atoms with Crippen molar-refractivity contribution in [2.75, 3.05) is 26.5 Å². The number of ether oxygens (including phenoxy) is 1. The van der Waals surface area contributed by atoms with Crippen molar-refractivity contribution in [3.8, 4) is 0 Å². The maximum Gasteiger partial charge on any atom is 0.337 e. The predicted octanol–water partition coefficient (Wildman–Crippen LogP) is 3.59. The molecule has 1 unspecified atom stereocenters. The Morgan fingerprint density at radius 3 is 2.45 bits per heavy atom. The number of fused-ring (bicyclic) bond motifs is 1. The second-order valence-corrected chi connectivity index (χ2v) is 7.55. The molecular formula is C21H19F5N4O2S. The molecule has 1 saturated heterocycles. The first kappa shape index (κ1) is 24.6. The van der Waals surface area contributed by atoms with E-state index >= 15 is 0 Å². The van der Waals surface area contributed by atoms with Gasteiger partial charge in [-0.2, -0.15) is 0 Å². The van der Waals surface area contributed by atoms with Crippen LogP contribution in [0.4, 0.5) is 22.0 Å². The zero-order valence-corrected chi connectivity index (χ0v) is 18.4. The van der Waals surface area contributed by atoms with E-state index in [4.69, 9.17) is 4.74 Å². The number of pyridine rings is 1. The smallest absolute Gasteiger partial charge is 0.337 e. The number of nitrogens with zero attached hydrogens (tertiary/aromatic N) is 3. The molecule has 0 aliphatic carbocycles. The van der Waals surface area contributed by atoms with Crippen molar-refractivity contribution in [1.29, 1.82) is 0 Å². The van der Waals surface area contributed by atoms with E-state index in [0.29, 0.717) is 24.4 Å². The first-order chi connectivity index (χ1) is 15.8. The molecule has 1 aromatic heterocycles. The van der Waals surface area contributed by atoms with Gasteiger partial charge in [-0.05, 0) is 18.4 Å². The van der Waals surface area contributed by atoms with E-state index in [1.807, 2.05) is 6.26 Å². The third kappa shape index (κ3) is 5.50. The lowest BCUT2D eigenvalue weighted by molar-refractivity contribution is -0.136. The Morgan fingerprint density at radius 1 is 1.18 bits per heavy atom. The summed E-state index contributed by atoms with van der Waals surface area (Å²) >= 11 is 1.47. The molecule has 1 aromatic carbocycles. The molecule has 0 bridgehead atoms. The molecule has 33 heavy (non-hydrogen) atoms. The third-order valence-electron chi connectivity index (χ3n) is 4.80. The fourth-order valence-corrected chi connectivity index (χ4v) is 3.87. The van der Waals surface area contributed by atoms with Crippen molar-refractivity contribution in [2.45, 2.75) is 12.5 Å². The van der Waals surface area contributed by atoms with Crippen LogP contribution in [0.5, 0.6) is 0 Å². The molecule has 2 aromatic rings. The third-order valence-corrected chi connectivity index (χ3v) is 5.37. The standard InChI is InChI=1S/C15H16F2N4O2S.C6H3F3/c1-23-15(22)10-6-19-14(13-11(17)3-8(16)5-18-13)21-7-9(20-24-2)4-12(10)21;7-4-2-1-3-5(8)6(4)9/h3,5,9,20H,4,6-7H2,1-2H3;1-3H. The van der Waals surface area contributed by atoms with Crippen molar-refractivity contribution >= 4 is 23.8 Å². The van der Waals surface area contributed by atoms with Crippen LogP contribution in [0.1, 0.15) is 12.1 Å². The monoisotopic (exact) mass is 486 g/mol. The van der Waals surface area contributed by atoms with Gasteiger partial charge in [0.15, 0.2) is 29.1 Å². The number of hydrogen-bond acceptors (Lipinski definition) is 7. The Labute approximate surface area is 190 Å². The Morgan fingerprint density at radius 2 is 1.88 bits per heavy atom. The zero-order chi connectivity index (χ0) is 24.1. The number of aromatic nitrogens is 1. The Kier molecular flexibility index (Phi) is 8.03. The molecule has 2 aliphatic rings. The quantitative estimate of drug-likeness (QED) is 0.309. The molecule has 0 saturated carbocycles. The molecule has 1 fully saturated rings. The summed E-state index contributed by atoms with van der Waals surface area (Å²) in [5.74, 6) is -5.41. The van der Waals surface area contributed by atoms with Crippen LogP contribution in [0.3, 0.4) is 0 Å². The number of nitrogens with one attached hydrogen (secondary N) is 1. The SMILES string of the molecule is COC(=O)C1=C2CC(NSC)CN2C(c2ncc(F)cc2F)=NC1.Fc1cccc(F)c1F. The second-order valence-electron chi connectivity index (χ2n) is 6.91. The molecule has 0 radical (unpaired) electrons. The van der Waals surface area contributed by atoms with Crippen LogP contribution in [-0.2, 0) is 9.53 Å². The number of carbonyl (C=O) groups excluding carboxylic acids is 1. The molecular weight excluding hydrogens is 467 g/mol. The van der Waals surface area contributed by atoms with Gasteiger partial charge in [0.25, 0.3) is 0 Å². The highest BCUT2D eigenvalue weighted by Gasteiger charge is 2.37. The summed E-state index contributed by atoms with van der Waals surface area (Å²) in [5, 5.41) is 0. The molecule has 0 spiro atoms. The minimum absolute atomic E-state index is 0.0254. The molecule has 4 rings (SSSR count). The maximum absolute atomic E-state index is 14.1. The molecule has 176 valence electrons. The average Bonchev–Trinajstić information content (AvgIpc) is 3.21. The highest BCUT2D eigenvalue weighted by molar-refractivity contribution is 7.96. The van der Waals surface area contributed by atoms with Gasteiger partial charge in [0.2, 0.25) is 0 Å². The summed E-state index contributed by atoms with van der Waals surface area (Å²) in [5.41, 5.74) is 1.17. The van der Waals surface area contributed by atoms with Gasteiger partial charge in [-0.3, -0.25) is 9.71 Å². The van der Waals surface area contributed by atoms with Gasteiger partial charge in [-0.1, -0.05) is 18.0 Å². The second kappa shape index (κ2) is 10.8. The molecule has 2 aliphatic heterocycles. The zero-order valence-electron chi connectivity index (χ0n) is 17.5. The van der Waals surface area contributed by atoms with Crippen molar-refractivity contribution < 1.29 is 31.5 Å². The van der Waals surface area contributed by atoms with E-state index in [0.717, 1.165) is 36.2 Å². The molecule has 12 heteroatoms. The molecule has 1 N–H and O–H groups in total. The number of hydrogen-bond donors (Lipinski definition) is 1. The van der Waals surface area contributed by atoms with Crippen LogP contribution in [0.15, 0.2) is 46.7 Å². The lowest BCUT2D eigenvalue weighted by Gasteiger charge is -2.27. The van der Waals surface area contributed by atoms with E-state index in [2.05, 4.69) is 14.7 Å². The molecule has 1 atom stereocenters. The Hall–Kier alpha value is -2.99. The summed E-state index contributed by atoms with van der Waals surface area (Å²) in [4.78, 5) is 21.9. The van der Waals surface area contributed by atoms with Crippen molar-refractivity contribution in [1.82, 2.24) is 14.6 Å². The van der Waals surface area contributed by atoms with E-state index < -0.39 is 35.1 Å². The van der Waals surface area contributed by atoms with Crippen molar-refractivity contribution in [2.24, 2.45) is 4.99 Å². The average molecular weight is 486 g/mol. The van der Waals surface area contributed by atoms with Crippen molar-refractivity contribution in [3.63, 3.8) is 0 Å². The first-order valence-corrected chi connectivity index (χ1v) is 10.8. The number of halogens is 5. The molecule has 3 heterocycles. The van der Waals surface area contributed by atoms with Gasteiger partial charge in [-0.15, -0.1) is 0 Å². The summed E-state index contributed by atoms with van der Waals surface area (Å²) in [7, 11) is 1.31. The largest absolute Gasteiger partial charge is 0.466 e. The minimum atomic E-state index is -1.42. The number of carbonyl (C=O) groups is 1. The van der Waals surface area contributed by atoms with E-state index in [-0.39, 0.29) is 18.3 Å². The van der Waals surface area contributed by atoms with Crippen LogP contribution in [0.25, 0.3) is 0 Å². The molecule has 6 nitrogen and oxygen atoms in total. The van der Waals surface area contributed by atoms with Crippen LogP contribution in [0, 0.1) is 29.1 Å². The van der Waals surface area contributed by atoms with Crippen LogP contribution in [0.2, 0.25) is 0 Å². The fraction of sp³-hybridized carbons (Fsp3) is 0.286. The van der Waals surface area contributed by atoms with E-state index in [1.54, 1.807) is 4.90 Å². The Bertz CT molecular complexity index is 1090. The number of benzene rings is 1. The topological polar surface area (TPSA) is 66.8 Å².